The summed E-state index contributed by atoms with van der Waals surface area (Å²) < 4.78 is 0. The summed E-state index contributed by atoms with van der Waals surface area (Å²) in [6.07, 6.45) is 3.81. The molecule has 6 heteroatoms. The lowest BCUT2D eigenvalue weighted by Gasteiger charge is -2.56. The fraction of sp³-hybridized carbons (Fsp3) is 0.724. The lowest BCUT2D eigenvalue weighted by molar-refractivity contribution is -0.144. The van der Waals surface area contributed by atoms with Crippen LogP contribution in [0.25, 0.3) is 0 Å². The number of Topliss-reactive ketones (excluding diaryl/α,β-unsaturated/α-hetero) is 3. The van der Waals surface area contributed by atoms with Crippen molar-refractivity contribution in [2.45, 2.75) is 91.6 Å². The van der Waals surface area contributed by atoms with Crippen LogP contribution in [0, 0.1) is 40.4 Å². The summed E-state index contributed by atoms with van der Waals surface area (Å²) in [5.41, 5.74) is -1.13. The number of aliphatic carboxylic acids is 1. The van der Waals surface area contributed by atoms with Crippen LogP contribution < -0.4 is 0 Å². The maximum atomic E-state index is 13.8. The van der Waals surface area contributed by atoms with Gasteiger partial charge in [-0.15, -0.1) is 0 Å². The molecule has 0 spiro atoms. The van der Waals surface area contributed by atoms with Gasteiger partial charge in [0.25, 0.3) is 0 Å². The van der Waals surface area contributed by atoms with E-state index in [9.17, 15) is 29.4 Å². The van der Waals surface area contributed by atoms with Crippen LogP contribution in [0.3, 0.4) is 0 Å². The molecule has 4 aliphatic carbocycles. The van der Waals surface area contributed by atoms with Crippen LogP contribution in [0.15, 0.2) is 23.3 Å². The Kier molecular flexibility index (Phi) is 6.31. The van der Waals surface area contributed by atoms with E-state index < -0.39 is 28.3 Å². The van der Waals surface area contributed by atoms with Crippen LogP contribution >= 0.6 is 0 Å². The number of rotatable bonds is 6. The van der Waals surface area contributed by atoms with E-state index in [0.717, 1.165) is 6.42 Å². The van der Waals surface area contributed by atoms with Gasteiger partial charge in [-0.05, 0) is 56.8 Å². The Morgan fingerprint density at radius 2 is 1.77 bits per heavy atom. The molecule has 0 aromatic rings. The van der Waals surface area contributed by atoms with Gasteiger partial charge in [0.05, 0.1) is 11.5 Å². The van der Waals surface area contributed by atoms with Gasteiger partial charge in [0.2, 0.25) is 0 Å². The van der Waals surface area contributed by atoms with Gasteiger partial charge in [-0.1, -0.05) is 39.8 Å². The summed E-state index contributed by atoms with van der Waals surface area (Å²) in [6.45, 7) is 13.6. The highest BCUT2D eigenvalue weighted by atomic mass is 16.4. The smallest absolute Gasteiger partial charge is 0.310 e. The first kappa shape index (κ1) is 26.0. The first-order valence-electron chi connectivity index (χ1n) is 13.2. The van der Waals surface area contributed by atoms with Gasteiger partial charge >= 0.3 is 5.97 Å². The van der Waals surface area contributed by atoms with Gasteiger partial charge in [-0.25, -0.2) is 0 Å². The van der Waals surface area contributed by atoms with Gasteiger partial charge in [0.1, 0.15) is 5.78 Å². The molecule has 8 unspecified atom stereocenters. The third-order valence-electron chi connectivity index (χ3n) is 10.7. The number of carboxylic acids is 1. The van der Waals surface area contributed by atoms with Gasteiger partial charge in [0.15, 0.2) is 11.6 Å². The second-order valence-electron chi connectivity index (χ2n) is 12.4. The number of carbonyl (C=O) groups excluding carboxylic acids is 3. The van der Waals surface area contributed by atoms with E-state index in [-0.39, 0.29) is 53.9 Å². The fourth-order valence-electron chi connectivity index (χ4n) is 8.21. The second-order valence-corrected chi connectivity index (χ2v) is 12.4. The molecule has 0 bridgehead atoms. The molecule has 0 saturated heterocycles. The Bertz CT molecular complexity index is 1040. The van der Waals surface area contributed by atoms with Crippen molar-refractivity contribution in [1.82, 2.24) is 0 Å². The number of carbonyl (C=O) groups is 4. The van der Waals surface area contributed by atoms with Crippen molar-refractivity contribution in [3.63, 3.8) is 0 Å². The summed E-state index contributed by atoms with van der Waals surface area (Å²) in [6, 6.07) is 0. The van der Waals surface area contributed by atoms with Crippen molar-refractivity contribution in [1.29, 1.82) is 0 Å². The largest absolute Gasteiger partial charge is 0.481 e. The Morgan fingerprint density at radius 1 is 1.11 bits per heavy atom. The third-order valence-corrected chi connectivity index (χ3v) is 10.7. The topological polar surface area (TPSA) is 109 Å². The van der Waals surface area contributed by atoms with E-state index in [1.165, 1.54) is 0 Å². The maximum Gasteiger partial charge on any atom is 0.310 e. The van der Waals surface area contributed by atoms with Crippen LogP contribution in [-0.4, -0.2) is 39.1 Å². The summed E-state index contributed by atoms with van der Waals surface area (Å²) in [7, 11) is 0. The second kappa shape index (κ2) is 8.50. The number of fused-ring (bicyclic) bond motifs is 4. The van der Waals surface area contributed by atoms with Crippen molar-refractivity contribution in [2.75, 3.05) is 0 Å². The molecule has 4 rings (SSSR count). The number of ketones is 3. The number of hydrogen-bond donors (Lipinski definition) is 2. The predicted molar refractivity (Wildman–Crippen MR) is 131 cm³/mol. The normalized spacial score (nSPS) is 40.6. The third kappa shape index (κ3) is 3.61. The zero-order valence-corrected chi connectivity index (χ0v) is 21.8. The standard InChI is InChI=1S/C29H40O6/c1-15(17(3)26(33)34)7-8-16(2)19-9-12-29(35)25-22(31)13-20-18(4)21(30)10-11-27(20,5)24(25)23(32)14-28(19,29)6/h16-20,35H,1,7-14H2,2-6H3,(H,33,34). The molecule has 0 aromatic carbocycles. The van der Waals surface area contributed by atoms with Crippen molar-refractivity contribution in [3.05, 3.63) is 23.3 Å². The number of carboxylic acid groups (broad SMARTS) is 1. The maximum absolute atomic E-state index is 13.8. The molecule has 8 atom stereocenters. The van der Waals surface area contributed by atoms with Crippen molar-refractivity contribution in [3.8, 4) is 0 Å². The van der Waals surface area contributed by atoms with Crippen LogP contribution in [0.2, 0.25) is 0 Å². The number of aliphatic hydroxyl groups is 1. The van der Waals surface area contributed by atoms with Gasteiger partial charge < -0.3 is 10.2 Å². The molecular weight excluding hydrogens is 444 g/mol. The zero-order chi connectivity index (χ0) is 26.1. The van der Waals surface area contributed by atoms with E-state index in [1.807, 2.05) is 20.8 Å². The summed E-state index contributed by atoms with van der Waals surface area (Å²) in [4.78, 5) is 51.2. The minimum atomic E-state index is -1.35. The zero-order valence-electron chi connectivity index (χ0n) is 21.8. The SMILES string of the molecule is C=C(CCC(C)C1CCC2(O)C3=C(C(=O)CC12C)C1(C)CCC(=O)C(C)C1CC3=O)C(C)C(=O)O. The molecule has 0 aliphatic heterocycles. The molecule has 2 saturated carbocycles. The predicted octanol–water partition coefficient (Wildman–Crippen LogP) is 4.69. The van der Waals surface area contributed by atoms with Crippen LogP contribution in [0.5, 0.6) is 0 Å². The minimum absolute atomic E-state index is 0.0311. The number of allylic oxidation sites excluding steroid dienone is 1. The Hall–Kier alpha value is -2.08. The Labute approximate surface area is 208 Å². The molecule has 192 valence electrons. The number of hydrogen-bond acceptors (Lipinski definition) is 5. The molecule has 0 amide bonds. The quantitative estimate of drug-likeness (QED) is 0.530. The Balaban J connectivity index is 1.67. The lowest BCUT2D eigenvalue weighted by Crippen LogP contribution is -2.59. The molecule has 4 aliphatic rings. The molecule has 0 radical (unpaired) electrons. The molecular formula is C29H40O6. The molecule has 2 N–H and O–H groups in total. The van der Waals surface area contributed by atoms with Crippen molar-refractivity contribution < 1.29 is 29.4 Å². The van der Waals surface area contributed by atoms with Crippen molar-refractivity contribution in [2.24, 2.45) is 40.4 Å². The van der Waals surface area contributed by atoms with Crippen molar-refractivity contribution >= 4 is 23.3 Å². The average Bonchev–Trinajstić information content (AvgIpc) is 3.06. The molecule has 0 heterocycles. The molecule has 6 nitrogen and oxygen atoms in total. The summed E-state index contributed by atoms with van der Waals surface area (Å²) in [5, 5.41) is 21.5. The van der Waals surface area contributed by atoms with Gasteiger partial charge in [-0.3, -0.25) is 19.2 Å². The highest BCUT2D eigenvalue weighted by Gasteiger charge is 2.67. The highest BCUT2D eigenvalue weighted by molar-refractivity contribution is 6.12. The molecule has 35 heavy (non-hydrogen) atoms. The van der Waals surface area contributed by atoms with Crippen LogP contribution in [0.4, 0.5) is 0 Å². The van der Waals surface area contributed by atoms with E-state index >= 15 is 0 Å². The molecule has 2 fully saturated rings. The fourth-order valence-corrected chi connectivity index (χ4v) is 8.21. The summed E-state index contributed by atoms with van der Waals surface area (Å²) >= 11 is 0. The first-order chi connectivity index (χ1) is 16.2. The minimum Gasteiger partial charge on any atom is -0.481 e. The van der Waals surface area contributed by atoms with E-state index in [2.05, 4.69) is 13.5 Å². The Morgan fingerprint density at radius 3 is 2.40 bits per heavy atom. The van der Waals surface area contributed by atoms with E-state index in [1.54, 1.807) is 6.92 Å². The summed E-state index contributed by atoms with van der Waals surface area (Å²) in [5.74, 6) is -1.83. The van der Waals surface area contributed by atoms with E-state index in [4.69, 9.17) is 0 Å². The lowest BCUT2D eigenvalue weighted by atomic mass is 9.47. The average molecular weight is 485 g/mol. The van der Waals surface area contributed by atoms with Crippen LogP contribution in [0.1, 0.15) is 86.0 Å². The highest BCUT2D eigenvalue weighted by Crippen LogP contribution is 2.66. The first-order valence-corrected chi connectivity index (χ1v) is 13.2. The van der Waals surface area contributed by atoms with Crippen LogP contribution in [-0.2, 0) is 19.2 Å². The van der Waals surface area contributed by atoms with Gasteiger partial charge in [-0.2, -0.15) is 0 Å². The monoisotopic (exact) mass is 484 g/mol. The van der Waals surface area contributed by atoms with Gasteiger partial charge in [0, 0.05) is 47.2 Å². The molecule has 0 aromatic heterocycles. The van der Waals surface area contributed by atoms with E-state index in [0.29, 0.717) is 48.8 Å².